The van der Waals surface area contributed by atoms with Gasteiger partial charge >= 0.3 is 6.18 Å². The summed E-state index contributed by atoms with van der Waals surface area (Å²) in [7, 11) is 0. The standard InChI is InChI=1S/C53H56F3N7O8S2/c1-31-45(73-30-59-31)34-11-9-32(10-12-34)27-58-47(67)42-24-38(64)28-61(42)48(68)46(51(2,3)4)60-44(66)29-70-21-7-8-22-71-39-19-20-40(43(65)25-39)33-13-16-36(17-14-33)63-50(72)62(49(69)52(63,5)6)37-18-15-35(26-57)41(23-37)53(54,55)56/h9-20,23,25,30,38,42,46,64-65H,7-8,21-22,24,27-29H2,1-6H3,(H,58,67)(H,60,66)/t38-,42+,46-/m1/s1. The number of nitriles is 1. The number of carbonyl (C=O) groups excluding carboxylic acids is 4. The Kier molecular flexibility index (Phi) is 16.3. The number of β-amino-alcohol motifs (C(OH)–C–C–N with tert-alkyl or cyclic N) is 1. The molecule has 1 aromatic heterocycles. The van der Waals surface area contributed by atoms with Crippen molar-refractivity contribution in [2.45, 2.75) is 97.3 Å². The Hall–Kier alpha value is -6.92. The van der Waals surface area contributed by atoms with E-state index >= 15 is 0 Å². The molecule has 4 N–H and O–H groups in total. The number of aliphatic hydroxyl groups is 1. The van der Waals surface area contributed by atoms with Crippen molar-refractivity contribution in [1.29, 1.82) is 5.26 Å². The minimum atomic E-state index is -4.83. The van der Waals surface area contributed by atoms with E-state index in [4.69, 9.17) is 21.7 Å². The molecule has 4 aromatic carbocycles. The number of aliphatic hydroxyl groups excluding tert-OH is 1. The van der Waals surface area contributed by atoms with Crippen LogP contribution in [0.15, 0.2) is 90.4 Å². The quantitative estimate of drug-likeness (QED) is 0.0515. The number of thiazole rings is 1. The van der Waals surface area contributed by atoms with Gasteiger partial charge in [-0.3, -0.25) is 24.1 Å². The van der Waals surface area contributed by atoms with E-state index in [0.717, 1.165) is 38.7 Å². The zero-order valence-corrected chi connectivity index (χ0v) is 42.7. The van der Waals surface area contributed by atoms with Gasteiger partial charge in [-0.05, 0) is 110 Å². The second kappa shape index (κ2) is 22.1. The van der Waals surface area contributed by atoms with Crippen LogP contribution in [0.2, 0.25) is 0 Å². The topological polar surface area (TPSA) is 198 Å². The Morgan fingerprint density at radius 1 is 0.973 bits per heavy atom. The van der Waals surface area contributed by atoms with Gasteiger partial charge in [0, 0.05) is 43.4 Å². The number of carbonyl (C=O) groups is 4. The van der Waals surface area contributed by atoms with Crippen molar-refractivity contribution < 1.29 is 52.0 Å². The number of likely N-dealkylation sites (tertiary alicyclic amines) is 1. The lowest BCUT2D eigenvalue weighted by atomic mass is 9.85. The third-order valence-electron chi connectivity index (χ3n) is 12.7. The molecule has 0 unspecified atom stereocenters. The molecule has 0 radical (unpaired) electrons. The zero-order chi connectivity index (χ0) is 53.0. The van der Waals surface area contributed by atoms with Crippen molar-refractivity contribution in [2.24, 2.45) is 5.41 Å². The summed E-state index contributed by atoms with van der Waals surface area (Å²) >= 11 is 7.21. The number of hydrogen-bond acceptors (Lipinski definition) is 12. The molecule has 384 valence electrons. The lowest BCUT2D eigenvalue weighted by Gasteiger charge is -2.35. The van der Waals surface area contributed by atoms with Gasteiger partial charge in [0.05, 0.1) is 51.7 Å². The van der Waals surface area contributed by atoms with Gasteiger partial charge in [-0.2, -0.15) is 18.4 Å². The molecule has 5 aromatic rings. The Balaban J connectivity index is 0.855. The van der Waals surface area contributed by atoms with Crippen LogP contribution in [0, 0.1) is 23.7 Å². The van der Waals surface area contributed by atoms with E-state index in [1.807, 2.05) is 31.2 Å². The van der Waals surface area contributed by atoms with Crippen LogP contribution in [0.25, 0.3) is 21.6 Å². The Morgan fingerprint density at radius 3 is 2.27 bits per heavy atom. The van der Waals surface area contributed by atoms with Gasteiger partial charge in [0.2, 0.25) is 17.7 Å². The smallest absolute Gasteiger partial charge is 0.417 e. The second-order valence-corrected chi connectivity index (χ2v) is 20.7. The van der Waals surface area contributed by atoms with Gasteiger partial charge in [0.25, 0.3) is 5.91 Å². The number of phenolic OH excluding ortho intramolecular Hbond substituents is 1. The monoisotopic (exact) mass is 1040 g/mol. The van der Waals surface area contributed by atoms with Crippen molar-refractivity contribution in [2.75, 3.05) is 36.2 Å². The van der Waals surface area contributed by atoms with E-state index in [1.165, 1.54) is 28.0 Å². The molecule has 3 heterocycles. The predicted molar refractivity (Wildman–Crippen MR) is 274 cm³/mol. The number of aryl methyl sites for hydroxylation is 1. The van der Waals surface area contributed by atoms with E-state index in [0.29, 0.717) is 35.4 Å². The van der Waals surface area contributed by atoms with Gasteiger partial charge in [-0.25, -0.2) is 4.98 Å². The average Bonchev–Trinajstić information content (AvgIpc) is 4.01. The number of ether oxygens (including phenoxy) is 2. The van der Waals surface area contributed by atoms with Crippen LogP contribution in [-0.4, -0.2) is 98.9 Å². The zero-order valence-electron chi connectivity index (χ0n) is 41.1. The number of unbranched alkanes of at least 4 members (excludes halogenated alkanes) is 1. The summed E-state index contributed by atoms with van der Waals surface area (Å²) in [5.41, 5.74) is 2.34. The van der Waals surface area contributed by atoms with Crippen molar-refractivity contribution in [1.82, 2.24) is 20.5 Å². The van der Waals surface area contributed by atoms with Crippen LogP contribution in [0.1, 0.15) is 76.3 Å². The molecule has 7 rings (SSSR count). The first kappa shape index (κ1) is 53.9. The van der Waals surface area contributed by atoms with Gasteiger partial charge in [0.1, 0.15) is 35.7 Å². The molecule has 73 heavy (non-hydrogen) atoms. The van der Waals surface area contributed by atoms with Crippen LogP contribution < -0.4 is 25.2 Å². The maximum Gasteiger partial charge on any atom is 0.417 e. The maximum atomic E-state index is 14.0. The summed E-state index contributed by atoms with van der Waals surface area (Å²) in [4.78, 5) is 63.5. The number of benzene rings is 4. The highest BCUT2D eigenvalue weighted by atomic mass is 32.1. The van der Waals surface area contributed by atoms with E-state index in [9.17, 15) is 47.8 Å². The fraction of sp³-hybridized carbons (Fsp3) is 0.377. The molecule has 15 nitrogen and oxygen atoms in total. The number of aromatic hydroxyl groups is 1. The molecule has 3 atom stereocenters. The second-order valence-electron chi connectivity index (χ2n) is 19.4. The summed E-state index contributed by atoms with van der Waals surface area (Å²) in [6, 6.07) is 22.1. The van der Waals surface area contributed by atoms with Crippen LogP contribution in [0.3, 0.4) is 0 Å². The fourth-order valence-corrected chi connectivity index (χ4v) is 10.1. The van der Waals surface area contributed by atoms with Crippen LogP contribution in [0.4, 0.5) is 24.5 Å². The summed E-state index contributed by atoms with van der Waals surface area (Å²) < 4.78 is 52.8. The largest absolute Gasteiger partial charge is 0.507 e. The van der Waals surface area contributed by atoms with E-state index < -0.39 is 70.1 Å². The maximum absolute atomic E-state index is 14.0. The van der Waals surface area contributed by atoms with E-state index in [1.54, 1.807) is 87.9 Å². The fourth-order valence-electron chi connectivity index (χ4n) is 8.74. The van der Waals surface area contributed by atoms with Gasteiger partial charge in [0.15, 0.2) is 5.11 Å². The van der Waals surface area contributed by atoms with E-state index in [-0.39, 0.29) is 55.9 Å². The van der Waals surface area contributed by atoms with E-state index in [2.05, 4.69) is 15.6 Å². The first-order chi connectivity index (χ1) is 34.5. The van der Waals surface area contributed by atoms with Gasteiger partial charge in [-0.1, -0.05) is 57.2 Å². The molecule has 0 aliphatic carbocycles. The molecule has 2 aliphatic rings. The molecule has 0 bridgehead atoms. The van der Waals surface area contributed by atoms with Crippen LogP contribution >= 0.6 is 23.6 Å². The number of nitrogens with zero attached hydrogens (tertiary/aromatic N) is 5. The first-order valence-corrected chi connectivity index (χ1v) is 24.8. The molecule has 2 fully saturated rings. The third-order valence-corrected chi connectivity index (χ3v) is 14.0. The molecule has 2 aliphatic heterocycles. The number of phenols is 1. The number of hydrogen-bond donors (Lipinski definition) is 4. The number of thiocarbonyl (C=S) groups is 1. The van der Waals surface area contributed by atoms with Crippen molar-refractivity contribution in [3.05, 3.63) is 113 Å². The highest BCUT2D eigenvalue weighted by Gasteiger charge is 2.51. The molecular formula is C53H56F3N7O8S2. The van der Waals surface area contributed by atoms with Crippen LogP contribution in [-0.2, 0) is 36.6 Å². The number of nitrogens with one attached hydrogen (secondary N) is 2. The third kappa shape index (κ3) is 12.1. The Bertz CT molecular complexity index is 2920. The molecule has 2 saturated heterocycles. The SMILES string of the molecule is Cc1ncsc1-c1ccc(CNC(=O)[C@@H]2C[C@@H](O)CN2C(=O)[C@@H](NC(=O)COCCCCOc2ccc(-c3ccc(N4C(=S)N(c5ccc(C#N)c(C(F)(F)F)c5)C(=O)C4(C)C)cc3)c(O)c2)C(C)(C)C)cc1. The van der Waals surface area contributed by atoms with Gasteiger partial charge in [-0.15, -0.1) is 11.3 Å². The normalized spacial score (nSPS) is 17.1. The minimum Gasteiger partial charge on any atom is -0.507 e. The van der Waals surface area contributed by atoms with Crippen molar-refractivity contribution >= 4 is 63.7 Å². The summed E-state index contributed by atoms with van der Waals surface area (Å²) in [5, 5.41) is 36.4. The number of anilines is 2. The summed E-state index contributed by atoms with van der Waals surface area (Å²) in [6.07, 6.45) is -4.58. The molecular weight excluding hydrogens is 984 g/mol. The number of aromatic nitrogens is 1. The van der Waals surface area contributed by atoms with Crippen molar-refractivity contribution in [3.63, 3.8) is 0 Å². The summed E-state index contributed by atoms with van der Waals surface area (Å²) in [5.74, 6) is -1.60. The number of rotatable bonds is 17. The Labute approximate surface area is 430 Å². The van der Waals surface area contributed by atoms with Crippen molar-refractivity contribution in [3.8, 4) is 39.1 Å². The lowest BCUT2D eigenvalue weighted by Crippen LogP contribution is -2.58. The number of alkyl halides is 3. The number of amides is 4. The molecule has 0 spiro atoms. The molecule has 0 saturated carbocycles. The lowest BCUT2D eigenvalue weighted by molar-refractivity contribution is -0.144. The highest BCUT2D eigenvalue weighted by Crippen LogP contribution is 2.41. The minimum absolute atomic E-state index is 0.0453. The summed E-state index contributed by atoms with van der Waals surface area (Å²) in [6.45, 7) is 10.9. The number of halogens is 3. The Morgan fingerprint density at radius 2 is 1.64 bits per heavy atom. The highest BCUT2D eigenvalue weighted by molar-refractivity contribution is 7.81. The molecule has 4 amide bonds. The first-order valence-electron chi connectivity index (χ1n) is 23.5. The average molecular weight is 1040 g/mol. The van der Waals surface area contributed by atoms with Crippen LogP contribution in [0.5, 0.6) is 11.5 Å². The van der Waals surface area contributed by atoms with Gasteiger partial charge < -0.3 is 40.1 Å². The molecule has 20 heteroatoms. The predicted octanol–water partition coefficient (Wildman–Crippen LogP) is 8.28.